The number of nitrogens with one attached hydrogen (secondary N) is 1. The Morgan fingerprint density at radius 1 is 1.29 bits per heavy atom. The summed E-state index contributed by atoms with van der Waals surface area (Å²) in [6.07, 6.45) is 1.82. The fourth-order valence-electron chi connectivity index (χ4n) is 1.52. The third kappa shape index (κ3) is 3.22. The van der Waals surface area contributed by atoms with Crippen molar-refractivity contribution in [2.75, 3.05) is 5.32 Å². The highest BCUT2D eigenvalue weighted by atomic mass is 19.2. The molecule has 1 atom stereocenters. The van der Waals surface area contributed by atoms with Gasteiger partial charge in [0.15, 0.2) is 11.6 Å². The van der Waals surface area contributed by atoms with Gasteiger partial charge >= 0.3 is 5.69 Å². The first kappa shape index (κ1) is 14.6. The highest BCUT2D eigenvalue weighted by Gasteiger charge is 2.22. The van der Waals surface area contributed by atoms with Gasteiger partial charge in [-0.15, -0.1) is 0 Å². The second kappa shape index (κ2) is 5.69. The number of rotatable bonds is 4. The molecule has 0 saturated heterocycles. The molecule has 0 aliphatic carbocycles. The number of nitro groups is 1. The first-order valence-electron chi connectivity index (χ1n) is 5.63. The lowest BCUT2D eigenvalue weighted by atomic mass is 10.3. The van der Waals surface area contributed by atoms with Crippen molar-refractivity contribution in [2.24, 2.45) is 0 Å². The van der Waals surface area contributed by atoms with Crippen molar-refractivity contribution in [3.8, 4) is 0 Å². The summed E-state index contributed by atoms with van der Waals surface area (Å²) in [5, 5.41) is 13.3. The molecule has 1 unspecified atom stereocenters. The van der Waals surface area contributed by atoms with Crippen molar-refractivity contribution in [3.63, 3.8) is 0 Å². The monoisotopic (exact) mass is 299 g/mol. The lowest BCUT2D eigenvalue weighted by Crippen LogP contribution is -2.14. The first-order chi connectivity index (χ1) is 9.88. The fourth-order valence-corrected chi connectivity index (χ4v) is 1.52. The van der Waals surface area contributed by atoms with Gasteiger partial charge in [0.05, 0.1) is 29.4 Å². The van der Waals surface area contributed by atoms with Crippen molar-refractivity contribution < 1.29 is 18.1 Å². The van der Waals surface area contributed by atoms with E-state index in [1.165, 1.54) is 6.92 Å². The summed E-state index contributed by atoms with van der Waals surface area (Å²) in [5.74, 6) is -3.92. The first-order valence-corrected chi connectivity index (χ1v) is 5.63. The maximum Gasteiger partial charge on any atom is 0.314 e. The number of hydrogen-bond acceptors (Lipinski definition) is 6. The summed E-state index contributed by atoms with van der Waals surface area (Å²) in [4.78, 5) is 20.4. The number of hydrogen-bond donors (Lipinski definition) is 1. The zero-order valence-corrected chi connectivity index (χ0v) is 10.5. The minimum Gasteiger partial charge on any atom is -0.355 e. The van der Waals surface area contributed by atoms with Gasteiger partial charge in [0.2, 0.25) is 5.82 Å². The summed E-state index contributed by atoms with van der Waals surface area (Å²) in [6.45, 7) is 1.50. The third-order valence-corrected chi connectivity index (χ3v) is 2.49. The van der Waals surface area contributed by atoms with Crippen molar-refractivity contribution >= 4 is 11.5 Å². The average Bonchev–Trinajstić information content (AvgIpc) is 2.43. The van der Waals surface area contributed by atoms with Crippen LogP contribution in [0.4, 0.5) is 24.7 Å². The molecule has 0 bridgehead atoms. The normalized spacial score (nSPS) is 12.0. The molecule has 0 aromatic carbocycles. The van der Waals surface area contributed by atoms with E-state index in [-0.39, 0.29) is 5.82 Å². The molecule has 7 nitrogen and oxygen atoms in total. The van der Waals surface area contributed by atoms with Crippen LogP contribution in [0.15, 0.2) is 18.5 Å². The molecule has 0 aliphatic heterocycles. The second-order valence-electron chi connectivity index (χ2n) is 4.01. The lowest BCUT2D eigenvalue weighted by molar-refractivity contribution is -0.384. The smallest absolute Gasteiger partial charge is 0.314 e. The Bertz CT molecular complexity index is 680. The predicted molar refractivity (Wildman–Crippen MR) is 64.8 cm³/mol. The summed E-state index contributed by atoms with van der Waals surface area (Å²) in [5.41, 5.74) is -0.733. The van der Waals surface area contributed by atoms with Gasteiger partial charge in [0, 0.05) is 0 Å². The highest BCUT2D eigenvalue weighted by Crippen LogP contribution is 2.26. The van der Waals surface area contributed by atoms with Crippen LogP contribution in [0.25, 0.3) is 0 Å². The molecule has 0 amide bonds. The van der Waals surface area contributed by atoms with Crippen LogP contribution in [-0.2, 0) is 0 Å². The molecule has 0 radical (unpaired) electrons. The predicted octanol–water partition coefficient (Wildman–Crippen LogP) is 2.37. The summed E-state index contributed by atoms with van der Waals surface area (Å²) in [7, 11) is 0. The Hall–Kier alpha value is -2.78. The van der Waals surface area contributed by atoms with E-state index >= 15 is 0 Å². The zero-order chi connectivity index (χ0) is 15.6. The van der Waals surface area contributed by atoms with E-state index in [4.69, 9.17) is 0 Å². The van der Waals surface area contributed by atoms with Crippen LogP contribution < -0.4 is 5.32 Å². The molecule has 0 fully saturated rings. The van der Waals surface area contributed by atoms with Crippen LogP contribution >= 0.6 is 0 Å². The molecule has 0 aliphatic rings. The van der Waals surface area contributed by atoms with Crippen LogP contribution in [0, 0.1) is 27.7 Å². The van der Waals surface area contributed by atoms with E-state index in [1.54, 1.807) is 0 Å². The van der Waals surface area contributed by atoms with Gasteiger partial charge in [0.1, 0.15) is 5.82 Å². The molecule has 10 heteroatoms. The van der Waals surface area contributed by atoms with Crippen LogP contribution in [0.1, 0.15) is 18.8 Å². The minimum atomic E-state index is -1.48. The lowest BCUT2D eigenvalue weighted by Gasteiger charge is -2.13. The molecular formula is C11H8F3N5O2. The molecular weight excluding hydrogens is 291 g/mol. The zero-order valence-electron chi connectivity index (χ0n) is 10.5. The van der Waals surface area contributed by atoms with Gasteiger partial charge in [0.25, 0.3) is 5.95 Å². The summed E-state index contributed by atoms with van der Waals surface area (Å²) < 4.78 is 38.8. The van der Waals surface area contributed by atoms with E-state index in [9.17, 15) is 23.3 Å². The Labute approximate surface area is 116 Å². The summed E-state index contributed by atoms with van der Waals surface area (Å²) in [6, 6.07) is -0.315. The van der Waals surface area contributed by atoms with E-state index in [1.807, 2.05) is 0 Å². The molecule has 21 heavy (non-hydrogen) atoms. The molecule has 2 rings (SSSR count). The Balaban J connectivity index is 2.32. The molecule has 1 N–H and O–H groups in total. The van der Waals surface area contributed by atoms with Gasteiger partial charge in [-0.25, -0.2) is 18.7 Å². The van der Waals surface area contributed by atoms with E-state index in [0.717, 1.165) is 12.4 Å². The van der Waals surface area contributed by atoms with E-state index in [0.29, 0.717) is 6.07 Å². The van der Waals surface area contributed by atoms with Crippen molar-refractivity contribution in [1.29, 1.82) is 0 Å². The third-order valence-electron chi connectivity index (χ3n) is 2.49. The number of aromatic nitrogens is 3. The SMILES string of the molecule is CC(Nc1nc(F)c(F)cc1[N+](=O)[O-])c1ncc(F)cn1. The van der Waals surface area contributed by atoms with Crippen LogP contribution in [0.5, 0.6) is 0 Å². The van der Waals surface area contributed by atoms with Crippen molar-refractivity contribution in [2.45, 2.75) is 13.0 Å². The Morgan fingerprint density at radius 3 is 2.48 bits per heavy atom. The topological polar surface area (TPSA) is 93.8 Å². The largest absolute Gasteiger partial charge is 0.355 e. The molecule has 0 spiro atoms. The minimum absolute atomic E-state index is 0.109. The molecule has 2 aromatic heterocycles. The van der Waals surface area contributed by atoms with Crippen LogP contribution in [0.2, 0.25) is 0 Å². The van der Waals surface area contributed by atoms with Crippen molar-refractivity contribution in [3.05, 3.63) is 52.0 Å². The van der Waals surface area contributed by atoms with Gasteiger partial charge in [-0.05, 0) is 6.92 Å². The standard InChI is InChI=1S/C11H8F3N5O2/c1-5(10-15-3-6(12)4-16-10)17-11-8(19(20)21)2-7(13)9(14)18-11/h2-5H,1H3,(H,17,18). The van der Waals surface area contributed by atoms with Crippen molar-refractivity contribution in [1.82, 2.24) is 15.0 Å². The van der Waals surface area contributed by atoms with Crippen LogP contribution in [-0.4, -0.2) is 19.9 Å². The molecule has 0 saturated carbocycles. The number of nitrogens with zero attached hydrogens (tertiary/aromatic N) is 4. The quantitative estimate of drug-likeness (QED) is 0.529. The Morgan fingerprint density at radius 2 is 1.90 bits per heavy atom. The van der Waals surface area contributed by atoms with Gasteiger partial charge in [-0.3, -0.25) is 10.1 Å². The van der Waals surface area contributed by atoms with E-state index in [2.05, 4.69) is 20.3 Å². The Kier molecular flexibility index (Phi) is 3.96. The maximum absolute atomic E-state index is 13.1. The highest BCUT2D eigenvalue weighted by molar-refractivity contribution is 5.56. The second-order valence-corrected chi connectivity index (χ2v) is 4.01. The van der Waals surface area contributed by atoms with Gasteiger partial charge in [-0.2, -0.15) is 9.37 Å². The number of halogens is 3. The van der Waals surface area contributed by atoms with Crippen LogP contribution in [0.3, 0.4) is 0 Å². The van der Waals surface area contributed by atoms with E-state index < -0.39 is 40.1 Å². The molecule has 2 aromatic rings. The summed E-state index contributed by atoms with van der Waals surface area (Å²) >= 11 is 0. The average molecular weight is 299 g/mol. The molecule has 2 heterocycles. The maximum atomic E-state index is 13.1. The van der Waals surface area contributed by atoms with Gasteiger partial charge in [-0.1, -0.05) is 0 Å². The number of anilines is 1. The van der Waals surface area contributed by atoms with Gasteiger partial charge < -0.3 is 5.32 Å². The number of pyridine rings is 1. The fraction of sp³-hybridized carbons (Fsp3) is 0.182. The molecule has 110 valence electrons.